The fourth-order valence-corrected chi connectivity index (χ4v) is 10.0. The minimum Gasteiger partial charge on any atom is -0.393 e. The van der Waals surface area contributed by atoms with Crippen LogP contribution in [-0.4, -0.2) is 11.2 Å². The summed E-state index contributed by atoms with van der Waals surface area (Å²) in [7, 11) is 0. The predicted molar refractivity (Wildman–Crippen MR) is 133 cm³/mol. The lowest BCUT2D eigenvalue weighted by molar-refractivity contribution is -0.149. The Morgan fingerprint density at radius 3 is 2.23 bits per heavy atom. The molecule has 0 heterocycles. The Bertz CT molecular complexity index is 663. The number of hydrogen-bond acceptors (Lipinski definition) is 1. The van der Waals surface area contributed by atoms with E-state index in [2.05, 4.69) is 54.5 Å². The third kappa shape index (κ3) is 3.87. The van der Waals surface area contributed by atoms with E-state index >= 15 is 0 Å². The average Bonchev–Trinajstić information content (AvgIpc) is 3.08. The molecule has 4 fully saturated rings. The van der Waals surface area contributed by atoms with Crippen LogP contribution in [0, 0.1) is 58.2 Å². The van der Waals surface area contributed by atoms with E-state index in [0.717, 1.165) is 41.9 Å². The molecule has 0 amide bonds. The molecule has 0 aromatic rings. The van der Waals surface area contributed by atoms with E-state index in [-0.39, 0.29) is 6.10 Å². The smallest absolute Gasteiger partial charge is 0.0568 e. The molecule has 0 bridgehead atoms. The summed E-state index contributed by atoms with van der Waals surface area (Å²) in [6, 6.07) is 0. The number of rotatable bonds is 5. The molecule has 1 heteroatoms. The largest absolute Gasteiger partial charge is 0.393 e. The molecule has 4 rings (SSSR count). The summed E-state index contributed by atoms with van der Waals surface area (Å²) in [6.45, 7) is 17.2. The Hall–Kier alpha value is -0.300. The van der Waals surface area contributed by atoms with Crippen LogP contribution >= 0.6 is 0 Å². The highest BCUT2D eigenvalue weighted by Gasteiger charge is 2.61. The van der Waals surface area contributed by atoms with Crippen LogP contribution in [-0.2, 0) is 0 Å². The van der Waals surface area contributed by atoms with Gasteiger partial charge in [0, 0.05) is 0 Å². The Kier molecular flexibility index (Phi) is 6.78. The van der Waals surface area contributed by atoms with Crippen molar-refractivity contribution in [3.05, 3.63) is 11.6 Å². The summed E-state index contributed by atoms with van der Waals surface area (Å²) in [6.07, 6.45) is 16.1. The zero-order chi connectivity index (χ0) is 22.6. The molecule has 0 spiro atoms. The van der Waals surface area contributed by atoms with Gasteiger partial charge in [-0.05, 0) is 129 Å². The first-order chi connectivity index (χ1) is 14.6. The number of aliphatic hydroxyl groups is 1. The van der Waals surface area contributed by atoms with Crippen molar-refractivity contribution in [2.45, 2.75) is 119 Å². The summed E-state index contributed by atoms with van der Waals surface area (Å²) in [5, 5.41) is 10.6. The maximum atomic E-state index is 10.6. The molecule has 1 nitrogen and oxygen atoms in total. The molecular formula is C30H52O. The third-order valence-electron chi connectivity index (χ3n) is 11.9. The van der Waals surface area contributed by atoms with Crippen LogP contribution in [0.5, 0.6) is 0 Å². The maximum absolute atomic E-state index is 10.6. The topological polar surface area (TPSA) is 20.2 Å². The highest BCUT2D eigenvalue weighted by atomic mass is 16.3. The van der Waals surface area contributed by atoms with Crippen molar-refractivity contribution in [2.24, 2.45) is 58.2 Å². The Labute approximate surface area is 193 Å². The van der Waals surface area contributed by atoms with Crippen LogP contribution in [0.15, 0.2) is 11.6 Å². The highest BCUT2D eigenvalue weighted by Crippen LogP contribution is 2.68. The van der Waals surface area contributed by atoms with E-state index in [4.69, 9.17) is 0 Å². The Morgan fingerprint density at radius 1 is 0.903 bits per heavy atom. The van der Waals surface area contributed by atoms with Crippen LogP contribution in [0.1, 0.15) is 113 Å². The molecule has 0 radical (unpaired) electrons. The SMILES string of the molecule is C/C=C(/CC[C@@H](C)[C@H]1CC[C@H]2[C@@H]3CC[C@H]4[C@H](C)[C@@H](O)CC[C@]4(C)[C@H]3CC[C@]12C)C(C)C. The van der Waals surface area contributed by atoms with E-state index < -0.39 is 0 Å². The van der Waals surface area contributed by atoms with Crippen LogP contribution in [0.2, 0.25) is 0 Å². The van der Waals surface area contributed by atoms with Gasteiger partial charge in [0.15, 0.2) is 0 Å². The molecule has 10 atom stereocenters. The first-order valence-corrected chi connectivity index (χ1v) is 14.0. The molecular weight excluding hydrogens is 376 g/mol. The van der Waals surface area contributed by atoms with Crippen molar-refractivity contribution >= 4 is 0 Å². The molecule has 31 heavy (non-hydrogen) atoms. The zero-order valence-corrected chi connectivity index (χ0v) is 21.8. The van der Waals surface area contributed by atoms with Crippen molar-refractivity contribution in [1.29, 1.82) is 0 Å². The quantitative estimate of drug-likeness (QED) is 0.437. The van der Waals surface area contributed by atoms with Gasteiger partial charge in [0.05, 0.1) is 6.10 Å². The first-order valence-electron chi connectivity index (χ1n) is 14.0. The van der Waals surface area contributed by atoms with E-state index in [1.54, 1.807) is 5.57 Å². The molecule has 1 N–H and O–H groups in total. The van der Waals surface area contributed by atoms with Crippen LogP contribution in [0.3, 0.4) is 0 Å². The summed E-state index contributed by atoms with van der Waals surface area (Å²) < 4.78 is 0. The molecule has 0 aromatic carbocycles. The summed E-state index contributed by atoms with van der Waals surface area (Å²) >= 11 is 0. The van der Waals surface area contributed by atoms with Gasteiger partial charge in [-0.15, -0.1) is 0 Å². The van der Waals surface area contributed by atoms with Gasteiger partial charge in [0.2, 0.25) is 0 Å². The van der Waals surface area contributed by atoms with E-state index in [0.29, 0.717) is 22.7 Å². The van der Waals surface area contributed by atoms with Gasteiger partial charge < -0.3 is 5.11 Å². The lowest BCUT2D eigenvalue weighted by Crippen LogP contribution is -2.56. The molecule has 0 aliphatic heterocycles. The monoisotopic (exact) mass is 428 g/mol. The van der Waals surface area contributed by atoms with Gasteiger partial charge in [0.1, 0.15) is 0 Å². The van der Waals surface area contributed by atoms with Crippen molar-refractivity contribution in [2.75, 3.05) is 0 Å². The lowest BCUT2D eigenvalue weighted by atomic mass is 9.43. The average molecular weight is 429 g/mol. The van der Waals surface area contributed by atoms with Crippen molar-refractivity contribution in [1.82, 2.24) is 0 Å². The van der Waals surface area contributed by atoms with Crippen molar-refractivity contribution in [3.63, 3.8) is 0 Å². The standard InChI is InChI=1S/C30H52O/c1-8-22(19(2)3)10-9-20(4)24-13-14-26-23-11-12-25-21(5)28(31)16-18-30(25,7)27(23)15-17-29(24,26)6/h8,19-21,23-28,31H,9-18H2,1-7H3/b22-8-/t20-,21+,23+,24-,25+,26+,27+,28+,29-,30+/m1/s1. The number of fused-ring (bicyclic) bond motifs is 5. The second-order valence-corrected chi connectivity index (χ2v) is 13.3. The second kappa shape index (κ2) is 8.81. The maximum Gasteiger partial charge on any atom is 0.0568 e. The van der Waals surface area contributed by atoms with E-state index in [1.165, 1.54) is 57.8 Å². The van der Waals surface area contributed by atoms with Gasteiger partial charge in [0.25, 0.3) is 0 Å². The van der Waals surface area contributed by atoms with Gasteiger partial charge in [-0.3, -0.25) is 0 Å². The van der Waals surface area contributed by atoms with Crippen LogP contribution in [0.25, 0.3) is 0 Å². The molecule has 178 valence electrons. The van der Waals surface area contributed by atoms with E-state index in [1.807, 2.05) is 0 Å². The van der Waals surface area contributed by atoms with Crippen LogP contribution < -0.4 is 0 Å². The first kappa shape index (κ1) is 23.8. The summed E-state index contributed by atoms with van der Waals surface area (Å²) in [5.41, 5.74) is 2.73. The van der Waals surface area contributed by atoms with Gasteiger partial charge in [-0.25, -0.2) is 0 Å². The van der Waals surface area contributed by atoms with Crippen molar-refractivity contribution < 1.29 is 5.11 Å². The minimum atomic E-state index is -0.0481. The minimum absolute atomic E-state index is 0.0481. The highest BCUT2D eigenvalue weighted by molar-refractivity contribution is 5.11. The molecule has 0 aromatic heterocycles. The normalized spacial score (nSPS) is 48.8. The fourth-order valence-electron chi connectivity index (χ4n) is 10.0. The third-order valence-corrected chi connectivity index (χ3v) is 11.9. The van der Waals surface area contributed by atoms with Gasteiger partial charge >= 0.3 is 0 Å². The number of hydrogen-bond donors (Lipinski definition) is 1. The zero-order valence-electron chi connectivity index (χ0n) is 21.8. The van der Waals surface area contributed by atoms with Crippen LogP contribution in [0.4, 0.5) is 0 Å². The van der Waals surface area contributed by atoms with E-state index in [9.17, 15) is 5.11 Å². The molecule has 0 unspecified atom stereocenters. The lowest BCUT2D eigenvalue weighted by Gasteiger charge is -2.62. The van der Waals surface area contributed by atoms with Gasteiger partial charge in [-0.2, -0.15) is 0 Å². The Balaban J connectivity index is 1.48. The summed E-state index contributed by atoms with van der Waals surface area (Å²) in [4.78, 5) is 0. The molecule has 4 saturated carbocycles. The Morgan fingerprint density at radius 2 is 1.55 bits per heavy atom. The predicted octanol–water partition coefficient (Wildman–Crippen LogP) is 8.27. The molecule has 0 saturated heterocycles. The second-order valence-electron chi connectivity index (χ2n) is 13.3. The molecule has 4 aliphatic rings. The fraction of sp³-hybridized carbons (Fsp3) is 0.933. The summed E-state index contributed by atoms with van der Waals surface area (Å²) in [5.74, 6) is 6.60. The number of aliphatic hydroxyl groups excluding tert-OH is 1. The van der Waals surface area contributed by atoms with Crippen molar-refractivity contribution in [3.8, 4) is 0 Å². The van der Waals surface area contributed by atoms with Gasteiger partial charge in [-0.1, -0.05) is 53.2 Å². The molecule has 4 aliphatic carbocycles. The number of allylic oxidation sites excluding steroid dienone is 2.